The quantitative estimate of drug-likeness (QED) is 0.673. The molecule has 0 fully saturated rings. The standard InChI is InChI=1S/C16H17N5O3/c1-11-3-7-21-12(9-11)19-15(23)13(16(21)24)14(22)18-4-2-6-20-8-5-17-10-20/h3,5,7-10,23H,2,4,6H2,1H3,(H,18,22). The molecule has 0 spiro atoms. The summed E-state index contributed by atoms with van der Waals surface area (Å²) in [6.07, 6.45) is 7.41. The molecule has 0 aliphatic carbocycles. The van der Waals surface area contributed by atoms with Crippen LogP contribution >= 0.6 is 0 Å². The van der Waals surface area contributed by atoms with Crippen LogP contribution in [0.25, 0.3) is 5.65 Å². The van der Waals surface area contributed by atoms with Crippen molar-refractivity contribution in [2.45, 2.75) is 19.9 Å². The first kappa shape index (κ1) is 15.7. The maximum atomic E-state index is 12.4. The molecule has 8 nitrogen and oxygen atoms in total. The molecule has 0 radical (unpaired) electrons. The summed E-state index contributed by atoms with van der Waals surface area (Å²) in [5, 5.41) is 12.6. The monoisotopic (exact) mass is 327 g/mol. The molecule has 0 aliphatic heterocycles. The summed E-state index contributed by atoms with van der Waals surface area (Å²) in [6.45, 7) is 2.91. The molecule has 0 bridgehead atoms. The zero-order chi connectivity index (χ0) is 17.1. The van der Waals surface area contributed by atoms with Gasteiger partial charge in [-0.1, -0.05) is 0 Å². The Balaban J connectivity index is 1.74. The summed E-state index contributed by atoms with van der Waals surface area (Å²) in [7, 11) is 0. The second kappa shape index (κ2) is 6.53. The Morgan fingerprint density at radius 3 is 2.96 bits per heavy atom. The fourth-order valence-corrected chi connectivity index (χ4v) is 2.40. The highest BCUT2D eigenvalue weighted by Gasteiger charge is 2.19. The molecule has 0 saturated heterocycles. The lowest BCUT2D eigenvalue weighted by Gasteiger charge is -2.08. The van der Waals surface area contributed by atoms with Crippen molar-refractivity contribution >= 4 is 11.6 Å². The number of pyridine rings is 1. The Morgan fingerprint density at radius 2 is 2.21 bits per heavy atom. The van der Waals surface area contributed by atoms with Gasteiger partial charge >= 0.3 is 0 Å². The van der Waals surface area contributed by atoms with Gasteiger partial charge in [0.05, 0.1) is 6.33 Å². The van der Waals surface area contributed by atoms with E-state index in [-0.39, 0.29) is 5.56 Å². The molecule has 0 saturated carbocycles. The number of rotatable bonds is 5. The maximum absolute atomic E-state index is 12.4. The summed E-state index contributed by atoms with van der Waals surface area (Å²) in [4.78, 5) is 32.5. The molecular weight excluding hydrogens is 310 g/mol. The predicted octanol–water partition coefficient (Wildman–Crippen LogP) is 0.725. The lowest BCUT2D eigenvalue weighted by Crippen LogP contribution is -2.32. The molecule has 3 rings (SSSR count). The molecule has 3 heterocycles. The number of nitrogens with one attached hydrogen (secondary N) is 1. The third-order valence-corrected chi connectivity index (χ3v) is 3.63. The number of carbonyl (C=O) groups is 1. The highest BCUT2D eigenvalue weighted by Crippen LogP contribution is 2.12. The molecule has 0 unspecified atom stereocenters. The summed E-state index contributed by atoms with van der Waals surface area (Å²) in [5.41, 5.74) is 0.260. The third kappa shape index (κ3) is 3.12. The minimum absolute atomic E-state index is 0.300. The lowest BCUT2D eigenvalue weighted by atomic mass is 10.2. The summed E-state index contributed by atoms with van der Waals surface area (Å²) >= 11 is 0. The van der Waals surface area contributed by atoms with Gasteiger partial charge in [-0.15, -0.1) is 0 Å². The number of imidazole rings is 1. The summed E-state index contributed by atoms with van der Waals surface area (Å²) in [5.74, 6) is -1.19. The van der Waals surface area contributed by atoms with Gasteiger partial charge in [-0.3, -0.25) is 14.0 Å². The number of amides is 1. The third-order valence-electron chi connectivity index (χ3n) is 3.63. The second-order valence-corrected chi connectivity index (χ2v) is 5.46. The number of nitrogens with zero attached hydrogens (tertiary/aromatic N) is 4. The Hall–Kier alpha value is -3.16. The SMILES string of the molecule is Cc1ccn2c(=O)c(C(=O)NCCCn3ccnc3)c(O)nc2c1. The topological polar surface area (TPSA) is 102 Å². The van der Waals surface area contributed by atoms with Crippen molar-refractivity contribution in [1.82, 2.24) is 24.3 Å². The summed E-state index contributed by atoms with van der Waals surface area (Å²) in [6, 6.07) is 3.40. The van der Waals surface area contributed by atoms with Crippen molar-refractivity contribution in [3.63, 3.8) is 0 Å². The minimum atomic E-state index is -0.634. The van der Waals surface area contributed by atoms with E-state index in [9.17, 15) is 14.7 Å². The first-order valence-electron chi connectivity index (χ1n) is 7.52. The zero-order valence-electron chi connectivity index (χ0n) is 13.1. The molecule has 1 amide bonds. The molecule has 24 heavy (non-hydrogen) atoms. The van der Waals surface area contributed by atoms with Gasteiger partial charge in [0, 0.05) is 31.7 Å². The van der Waals surface area contributed by atoms with Crippen molar-refractivity contribution in [1.29, 1.82) is 0 Å². The van der Waals surface area contributed by atoms with Crippen LogP contribution < -0.4 is 10.9 Å². The van der Waals surface area contributed by atoms with E-state index in [0.29, 0.717) is 25.2 Å². The van der Waals surface area contributed by atoms with Gasteiger partial charge in [-0.2, -0.15) is 4.98 Å². The Labute approximate surface area is 137 Å². The van der Waals surface area contributed by atoms with Crippen molar-refractivity contribution in [2.75, 3.05) is 6.54 Å². The second-order valence-electron chi connectivity index (χ2n) is 5.46. The van der Waals surface area contributed by atoms with Crippen LogP contribution in [0.5, 0.6) is 5.88 Å². The van der Waals surface area contributed by atoms with Gasteiger partial charge in [0.2, 0.25) is 5.88 Å². The Bertz CT molecular complexity index is 931. The van der Waals surface area contributed by atoms with E-state index >= 15 is 0 Å². The average molecular weight is 327 g/mol. The fourth-order valence-electron chi connectivity index (χ4n) is 2.40. The predicted molar refractivity (Wildman–Crippen MR) is 87.0 cm³/mol. The lowest BCUT2D eigenvalue weighted by molar-refractivity contribution is 0.0947. The normalized spacial score (nSPS) is 10.9. The Morgan fingerprint density at radius 1 is 1.38 bits per heavy atom. The first-order valence-corrected chi connectivity index (χ1v) is 7.52. The van der Waals surface area contributed by atoms with Crippen LogP contribution in [0, 0.1) is 6.92 Å². The largest absolute Gasteiger partial charge is 0.493 e. The van der Waals surface area contributed by atoms with E-state index in [1.807, 2.05) is 17.7 Å². The zero-order valence-corrected chi connectivity index (χ0v) is 13.1. The van der Waals surface area contributed by atoms with Gasteiger partial charge in [0.15, 0.2) is 5.56 Å². The van der Waals surface area contributed by atoms with E-state index in [0.717, 1.165) is 5.56 Å². The fraction of sp³-hybridized carbons (Fsp3) is 0.250. The van der Waals surface area contributed by atoms with Gasteiger partial charge in [-0.05, 0) is 31.0 Å². The van der Waals surface area contributed by atoms with Crippen LogP contribution in [-0.4, -0.2) is 36.5 Å². The number of fused-ring (bicyclic) bond motifs is 1. The van der Waals surface area contributed by atoms with Crippen molar-refractivity contribution < 1.29 is 9.90 Å². The van der Waals surface area contributed by atoms with Crippen molar-refractivity contribution in [2.24, 2.45) is 0 Å². The van der Waals surface area contributed by atoms with E-state index < -0.39 is 17.3 Å². The van der Waals surface area contributed by atoms with Crippen molar-refractivity contribution in [3.05, 3.63) is 58.5 Å². The maximum Gasteiger partial charge on any atom is 0.274 e. The first-order chi connectivity index (χ1) is 11.6. The number of aromatic nitrogens is 4. The number of carbonyl (C=O) groups excluding carboxylic acids is 1. The molecule has 124 valence electrons. The van der Waals surface area contributed by atoms with Crippen LogP contribution in [0.15, 0.2) is 41.8 Å². The molecule has 2 N–H and O–H groups in total. The molecule has 3 aromatic heterocycles. The van der Waals surface area contributed by atoms with E-state index in [1.54, 1.807) is 24.7 Å². The summed E-state index contributed by atoms with van der Waals surface area (Å²) < 4.78 is 3.13. The molecule has 8 heteroatoms. The van der Waals surface area contributed by atoms with Crippen molar-refractivity contribution in [3.8, 4) is 5.88 Å². The molecule has 3 aromatic rings. The molecule has 0 aromatic carbocycles. The van der Waals surface area contributed by atoms with Gasteiger partial charge < -0.3 is 15.0 Å². The van der Waals surface area contributed by atoms with Crippen LogP contribution in [0.4, 0.5) is 0 Å². The molecular formula is C16H17N5O3. The number of hydrogen-bond donors (Lipinski definition) is 2. The Kier molecular flexibility index (Phi) is 4.28. The van der Waals surface area contributed by atoms with E-state index in [2.05, 4.69) is 15.3 Å². The van der Waals surface area contributed by atoms with Gasteiger partial charge in [0.1, 0.15) is 5.65 Å². The molecule has 0 aliphatic rings. The van der Waals surface area contributed by atoms with E-state index in [4.69, 9.17) is 0 Å². The minimum Gasteiger partial charge on any atom is -0.493 e. The van der Waals surface area contributed by atoms with Gasteiger partial charge in [-0.25, -0.2) is 4.98 Å². The number of aromatic hydroxyl groups is 1. The highest BCUT2D eigenvalue weighted by molar-refractivity contribution is 5.96. The van der Waals surface area contributed by atoms with Crippen LogP contribution in [0.1, 0.15) is 22.3 Å². The number of aryl methyl sites for hydroxylation is 2. The van der Waals surface area contributed by atoms with Gasteiger partial charge in [0.25, 0.3) is 11.5 Å². The van der Waals surface area contributed by atoms with Crippen LogP contribution in [-0.2, 0) is 6.54 Å². The highest BCUT2D eigenvalue weighted by atomic mass is 16.3. The van der Waals surface area contributed by atoms with Crippen LogP contribution in [0.2, 0.25) is 0 Å². The molecule has 0 atom stereocenters. The number of hydrogen-bond acceptors (Lipinski definition) is 5. The van der Waals surface area contributed by atoms with Crippen LogP contribution in [0.3, 0.4) is 0 Å². The van der Waals surface area contributed by atoms with E-state index in [1.165, 1.54) is 10.6 Å². The average Bonchev–Trinajstić information content (AvgIpc) is 3.04. The smallest absolute Gasteiger partial charge is 0.274 e.